The van der Waals surface area contributed by atoms with Crippen LogP contribution in [0.1, 0.15) is 24.5 Å². The number of para-hydroxylation sites is 1. The fourth-order valence-electron chi connectivity index (χ4n) is 3.35. The minimum atomic E-state index is -0.574. The zero-order valence-electron chi connectivity index (χ0n) is 16.4. The molecule has 6 nitrogen and oxygen atoms in total. The van der Waals surface area contributed by atoms with Crippen molar-refractivity contribution >= 4 is 45.1 Å². The Balaban J connectivity index is 1.55. The Hall–Kier alpha value is -2.67. The number of hydrogen-bond donors (Lipinski definition) is 1. The second kappa shape index (κ2) is 9.22. The van der Waals surface area contributed by atoms with E-state index in [1.807, 2.05) is 50.2 Å². The normalized spacial score (nSPS) is 16.0. The van der Waals surface area contributed by atoms with E-state index < -0.39 is 17.8 Å². The van der Waals surface area contributed by atoms with E-state index in [-0.39, 0.29) is 25.5 Å². The van der Waals surface area contributed by atoms with Gasteiger partial charge in [-0.1, -0.05) is 41.1 Å². The van der Waals surface area contributed by atoms with Crippen molar-refractivity contribution in [1.82, 2.24) is 0 Å². The van der Waals surface area contributed by atoms with Gasteiger partial charge < -0.3 is 15.0 Å². The van der Waals surface area contributed by atoms with Crippen LogP contribution in [0.25, 0.3) is 0 Å². The number of ether oxygens (including phenoxy) is 1. The van der Waals surface area contributed by atoms with E-state index in [2.05, 4.69) is 21.2 Å². The van der Waals surface area contributed by atoms with Gasteiger partial charge in [0.15, 0.2) is 6.61 Å². The van der Waals surface area contributed by atoms with Crippen molar-refractivity contribution in [1.29, 1.82) is 0 Å². The van der Waals surface area contributed by atoms with Crippen molar-refractivity contribution in [2.24, 2.45) is 5.92 Å². The zero-order valence-corrected chi connectivity index (χ0v) is 18.0. The van der Waals surface area contributed by atoms with Crippen LogP contribution in [0.3, 0.4) is 0 Å². The topological polar surface area (TPSA) is 75.7 Å². The summed E-state index contributed by atoms with van der Waals surface area (Å²) in [5.41, 5.74) is 3.50. The maximum absolute atomic E-state index is 12.4. The van der Waals surface area contributed by atoms with E-state index in [0.717, 1.165) is 27.7 Å². The molecule has 2 aromatic carbocycles. The van der Waals surface area contributed by atoms with Gasteiger partial charge in [0.1, 0.15) is 0 Å². The van der Waals surface area contributed by atoms with Gasteiger partial charge in [-0.15, -0.1) is 0 Å². The molecule has 1 N–H and O–H groups in total. The van der Waals surface area contributed by atoms with Gasteiger partial charge in [-0.25, -0.2) is 0 Å². The Morgan fingerprint density at radius 3 is 2.72 bits per heavy atom. The predicted octanol–water partition coefficient (Wildman–Crippen LogP) is 3.85. The summed E-state index contributed by atoms with van der Waals surface area (Å²) < 4.78 is 6.11. The molecule has 152 valence electrons. The number of hydrogen-bond acceptors (Lipinski definition) is 4. The third-order valence-corrected chi connectivity index (χ3v) is 5.80. The molecular formula is C22H23BrN2O4. The Kier molecular flexibility index (Phi) is 6.69. The van der Waals surface area contributed by atoms with Gasteiger partial charge >= 0.3 is 5.97 Å². The maximum Gasteiger partial charge on any atom is 0.311 e. The molecule has 3 rings (SSSR count). The zero-order chi connectivity index (χ0) is 21.0. The molecule has 0 aliphatic carbocycles. The minimum absolute atomic E-state index is 0.0877. The molecule has 1 atom stereocenters. The average molecular weight is 459 g/mol. The van der Waals surface area contributed by atoms with Crippen LogP contribution >= 0.6 is 15.9 Å². The first-order chi connectivity index (χ1) is 13.9. The number of nitrogens with zero attached hydrogens (tertiary/aromatic N) is 1. The van der Waals surface area contributed by atoms with Crippen LogP contribution < -0.4 is 10.2 Å². The number of amides is 2. The van der Waals surface area contributed by atoms with Gasteiger partial charge in [-0.05, 0) is 48.7 Å². The molecule has 29 heavy (non-hydrogen) atoms. The smallest absolute Gasteiger partial charge is 0.311 e. The number of carbonyl (C=O) groups excluding carboxylic acids is 3. The molecule has 0 aromatic heterocycles. The first kappa shape index (κ1) is 21.0. The first-order valence-corrected chi connectivity index (χ1v) is 10.3. The second-order valence-electron chi connectivity index (χ2n) is 7.01. The molecule has 0 spiro atoms. The predicted molar refractivity (Wildman–Crippen MR) is 115 cm³/mol. The molecule has 0 bridgehead atoms. The van der Waals surface area contributed by atoms with Gasteiger partial charge in [0, 0.05) is 28.8 Å². The summed E-state index contributed by atoms with van der Waals surface area (Å²) in [6.45, 7) is 3.82. The standard InChI is InChI=1S/C22H23BrN2O4/c1-3-15-6-4-5-7-19(15)25-12-16(11-21(25)27)22(28)29-13-20(26)24-17-8-9-18(23)14(2)10-17/h4-10,16H,3,11-13H2,1-2H3,(H,24,26)/t16-/m0/s1. The lowest BCUT2D eigenvalue weighted by molar-refractivity contribution is -0.151. The van der Waals surface area contributed by atoms with E-state index in [1.165, 1.54) is 0 Å². The number of esters is 1. The Bertz CT molecular complexity index is 944. The lowest BCUT2D eigenvalue weighted by atomic mass is 10.1. The summed E-state index contributed by atoms with van der Waals surface area (Å²) in [5, 5.41) is 2.70. The van der Waals surface area contributed by atoms with Crippen molar-refractivity contribution < 1.29 is 19.1 Å². The number of nitrogens with one attached hydrogen (secondary N) is 1. The van der Waals surface area contributed by atoms with Crippen molar-refractivity contribution in [2.45, 2.75) is 26.7 Å². The fourth-order valence-corrected chi connectivity index (χ4v) is 3.59. The van der Waals surface area contributed by atoms with Gasteiger partial charge in [0.2, 0.25) is 5.91 Å². The van der Waals surface area contributed by atoms with Gasteiger partial charge in [-0.2, -0.15) is 0 Å². The second-order valence-corrected chi connectivity index (χ2v) is 7.86. The summed E-state index contributed by atoms with van der Waals surface area (Å²) in [7, 11) is 0. The van der Waals surface area contributed by atoms with E-state index in [9.17, 15) is 14.4 Å². The van der Waals surface area contributed by atoms with Gasteiger partial charge in [0.05, 0.1) is 5.92 Å². The third kappa shape index (κ3) is 5.03. The molecule has 7 heteroatoms. The molecule has 0 saturated carbocycles. The van der Waals surface area contributed by atoms with Crippen LogP contribution in [0.15, 0.2) is 46.9 Å². The van der Waals surface area contributed by atoms with Crippen LogP contribution in [-0.4, -0.2) is 30.9 Å². The van der Waals surface area contributed by atoms with E-state index >= 15 is 0 Å². The lowest BCUT2D eigenvalue weighted by Crippen LogP contribution is -2.28. The molecule has 1 aliphatic rings. The third-order valence-electron chi connectivity index (χ3n) is 4.91. The van der Waals surface area contributed by atoms with Crippen LogP contribution in [0, 0.1) is 12.8 Å². The number of anilines is 2. The molecule has 2 aromatic rings. The largest absolute Gasteiger partial charge is 0.455 e. The average Bonchev–Trinajstić information content (AvgIpc) is 3.10. The van der Waals surface area contributed by atoms with Crippen molar-refractivity contribution in [2.75, 3.05) is 23.4 Å². The lowest BCUT2D eigenvalue weighted by Gasteiger charge is -2.19. The number of carbonyl (C=O) groups is 3. The Morgan fingerprint density at radius 1 is 1.24 bits per heavy atom. The maximum atomic E-state index is 12.4. The highest BCUT2D eigenvalue weighted by molar-refractivity contribution is 9.10. The highest BCUT2D eigenvalue weighted by Gasteiger charge is 2.37. The van der Waals surface area contributed by atoms with Crippen molar-refractivity contribution in [3.63, 3.8) is 0 Å². The summed E-state index contributed by atoms with van der Waals surface area (Å²) in [5.74, 6) is -1.63. The van der Waals surface area contributed by atoms with E-state index in [0.29, 0.717) is 5.69 Å². The summed E-state index contributed by atoms with van der Waals surface area (Å²) in [6, 6.07) is 13.1. The Morgan fingerprint density at radius 2 is 2.00 bits per heavy atom. The van der Waals surface area contributed by atoms with Crippen LogP contribution in [0.4, 0.5) is 11.4 Å². The molecule has 0 unspecified atom stereocenters. The molecule has 1 aliphatic heterocycles. The summed E-state index contributed by atoms with van der Waals surface area (Å²) >= 11 is 3.40. The molecule has 1 fully saturated rings. The highest BCUT2D eigenvalue weighted by atomic mass is 79.9. The molecule has 1 saturated heterocycles. The van der Waals surface area contributed by atoms with Crippen LogP contribution in [0.5, 0.6) is 0 Å². The number of halogens is 1. The molecule has 0 radical (unpaired) electrons. The molecule has 1 heterocycles. The highest BCUT2D eigenvalue weighted by Crippen LogP contribution is 2.29. The SMILES string of the molecule is CCc1ccccc1N1C[C@@H](C(=O)OCC(=O)Nc2ccc(Br)c(C)c2)CC1=O. The van der Waals surface area contributed by atoms with E-state index in [1.54, 1.807) is 11.0 Å². The first-order valence-electron chi connectivity index (χ1n) is 9.50. The van der Waals surface area contributed by atoms with Gasteiger partial charge in [-0.3, -0.25) is 14.4 Å². The summed E-state index contributed by atoms with van der Waals surface area (Å²) in [6.07, 6.45) is 0.884. The van der Waals surface area contributed by atoms with Crippen molar-refractivity contribution in [3.8, 4) is 0 Å². The fraction of sp³-hybridized carbons (Fsp3) is 0.318. The Labute approximate surface area is 178 Å². The minimum Gasteiger partial charge on any atom is -0.455 e. The van der Waals surface area contributed by atoms with Crippen molar-refractivity contribution in [3.05, 3.63) is 58.1 Å². The molecular weight excluding hydrogens is 436 g/mol. The number of benzene rings is 2. The van der Waals surface area contributed by atoms with E-state index in [4.69, 9.17) is 4.74 Å². The van der Waals surface area contributed by atoms with Gasteiger partial charge in [0.25, 0.3) is 5.91 Å². The monoisotopic (exact) mass is 458 g/mol. The summed E-state index contributed by atoms with van der Waals surface area (Å²) in [4.78, 5) is 38.5. The number of aryl methyl sites for hydroxylation is 2. The van der Waals surface area contributed by atoms with Crippen LogP contribution in [0.2, 0.25) is 0 Å². The van der Waals surface area contributed by atoms with Crippen LogP contribution in [-0.2, 0) is 25.5 Å². The number of rotatable bonds is 6. The quantitative estimate of drug-likeness (QED) is 0.666. The molecule has 2 amide bonds.